The molecule has 0 bridgehead atoms. The van der Waals surface area contributed by atoms with Gasteiger partial charge in [-0.05, 0) is 29.8 Å². The van der Waals surface area contributed by atoms with E-state index >= 15 is 0 Å². The maximum absolute atomic E-state index is 14.4. The summed E-state index contributed by atoms with van der Waals surface area (Å²) < 4.78 is 19.7. The minimum atomic E-state index is -0.945. The molecule has 2 aliphatic heterocycles. The topological polar surface area (TPSA) is 87.3 Å². The largest absolute Gasteiger partial charge is 0.380 e. The summed E-state index contributed by atoms with van der Waals surface area (Å²) in [5, 5.41) is 4.14. The lowest BCUT2D eigenvalue weighted by molar-refractivity contribution is -0.196. The first-order valence-corrected chi connectivity index (χ1v) is 10.8. The first-order valence-electron chi connectivity index (χ1n) is 10.1. The molecule has 2 saturated heterocycles. The molecule has 32 heavy (non-hydrogen) atoms. The van der Waals surface area contributed by atoms with Crippen molar-refractivity contribution in [3.63, 3.8) is 0 Å². The number of aromatic amines is 1. The lowest BCUT2D eigenvalue weighted by Gasteiger charge is -2.55. The predicted molar refractivity (Wildman–Crippen MR) is 117 cm³/mol. The van der Waals surface area contributed by atoms with E-state index in [2.05, 4.69) is 15.3 Å². The number of ether oxygens (including phenoxy) is 1. The second kappa shape index (κ2) is 8.03. The SMILES string of the molecule is O=C(NC(Cc1ccc(Cl)cc1F)C(=O)N1CC2(COC2)C1)c1cc2cc(Cl)cnc2[nH]1. The van der Waals surface area contributed by atoms with E-state index < -0.39 is 17.8 Å². The molecular weight excluding hydrogens is 458 g/mol. The van der Waals surface area contributed by atoms with Crippen LogP contribution in [0.2, 0.25) is 10.0 Å². The number of likely N-dealkylation sites (tertiary alicyclic amines) is 1. The van der Waals surface area contributed by atoms with E-state index in [4.69, 9.17) is 27.9 Å². The van der Waals surface area contributed by atoms with E-state index in [1.807, 2.05) is 0 Å². The van der Waals surface area contributed by atoms with Crippen molar-refractivity contribution in [2.45, 2.75) is 12.5 Å². The Morgan fingerprint density at radius 1 is 1.22 bits per heavy atom. The molecule has 1 spiro atoms. The zero-order valence-corrected chi connectivity index (χ0v) is 18.3. The van der Waals surface area contributed by atoms with Crippen LogP contribution in [0.3, 0.4) is 0 Å². The molecule has 1 aromatic carbocycles. The Bertz CT molecular complexity index is 1220. The van der Waals surface area contributed by atoms with Gasteiger partial charge in [-0.1, -0.05) is 29.3 Å². The van der Waals surface area contributed by atoms with Crippen molar-refractivity contribution >= 4 is 46.0 Å². The van der Waals surface area contributed by atoms with Crippen molar-refractivity contribution in [3.05, 3.63) is 63.6 Å². The molecule has 7 nitrogen and oxygen atoms in total. The van der Waals surface area contributed by atoms with Crippen molar-refractivity contribution in [2.75, 3.05) is 26.3 Å². The van der Waals surface area contributed by atoms with Gasteiger partial charge in [0.05, 0.1) is 23.7 Å². The smallest absolute Gasteiger partial charge is 0.268 e. The first-order chi connectivity index (χ1) is 15.3. The number of halogens is 3. The highest BCUT2D eigenvalue weighted by atomic mass is 35.5. The third kappa shape index (κ3) is 3.94. The summed E-state index contributed by atoms with van der Waals surface area (Å²) in [5.41, 5.74) is 1.05. The van der Waals surface area contributed by atoms with E-state index in [0.29, 0.717) is 47.9 Å². The summed E-state index contributed by atoms with van der Waals surface area (Å²) in [6, 6.07) is 6.62. The van der Waals surface area contributed by atoms with Crippen LogP contribution >= 0.6 is 23.2 Å². The normalized spacial score (nSPS) is 17.7. The highest BCUT2D eigenvalue weighted by Crippen LogP contribution is 2.38. The van der Waals surface area contributed by atoms with Crippen LogP contribution in [0.1, 0.15) is 16.1 Å². The summed E-state index contributed by atoms with van der Waals surface area (Å²) in [6.45, 7) is 2.39. The highest BCUT2D eigenvalue weighted by Gasteiger charge is 2.51. The third-order valence-electron chi connectivity index (χ3n) is 5.90. The molecule has 2 amide bonds. The molecule has 2 N–H and O–H groups in total. The third-order valence-corrected chi connectivity index (χ3v) is 6.35. The van der Waals surface area contributed by atoms with Crippen molar-refractivity contribution in [1.82, 2.24) is 20.2 Å². The van der Waals surface area contributed by atoms with E-state index in [1.54, 1.807) is 23.1 Å². The number of nitrogens with one attached hydrogen (secondary N) is 2. The lowest BCUT2D eigenvalue weighted by atomic mass is 9.77. The predicted octanol–water partition coefficient (Wildman–Crippen LogP) is 3.21. The Morgan fingerprint density at radius 3 is 2.69 bits per heavy atom. The van der Waals surface area contributed by atoms with Gasteiger partial charge in [-0.3, -0.25) is 9.59 Å². The van der Waals surface area contributed by atoms with Crippen LogP contribution in [0.4, 0.5) is 4.39 Å². The second-order valence-electron chi connectivity index (χ2n) is 8.43. The summed E-state index contributed by atoms with van der Waals surface area (Å²) in [5.74, 6) is -1.28. The van der Waals surface area contributed by atoms with Gasteiger partial charge >= 0.3 is 0 Å². The van der Waals surface area contributed by atoms with E-state index in [0.717, 1.165) is 0 Å². The van der Waals surface area contributed by atoms with Gasteiger partial charge in [-0.25, -0.2) is 9.37 Å². The van der Waals surface area contributed by atoms with Crippen LogP contribution in [0.5, 0.6) is 0 Å². The fraction of sp³-hybridized carbons (Fsp3) is 0.318. The van der Waals surface area contributed by atoms with Gasteiger partial charge in [0.2, 0.25) is 5.91 Å². The minimum Gasteiger partial charge on any atom is -0.380 e. The number of H-pyrrole nitrogens is 1. The number of hydrogen-bond donors (Lipinski definition) is 2. The van der Waals surface area contributed by atoms with Crippen LogP contribution in [-0.4, -0.2) is 59.0 Å². The Balaban J connectivity index is 1.37. The number of aromatic nitrogens is 2. The molecule has 2 aliphatic rings. The Kier molecular flexibility index (Phi) is 5.31. The molecule has 2 fully saturated rings. The zero-order chi connectivity index (χ0) is 22.5. The Hall–Kier alpha value is -2.68. The average molecular weight is 477 g/mol. The van der Waals surface area contributed by atoms with Crippen molar-refractivity contribution in [3.8, 4) is 0 Å². The number of hydrogen-bond acceptors (Lipinski definition) is 4. The van der Waals surface area contributed by atoms with Gasteiger partial charge in [0.15, 0.2) is 0 Å². The van der Waals surface area contributed by atoms with Gasteiger partial charge in [0.25, 0.3) is 5.91 Å². The number of amides is 2. The minimum absolute atomic E-state index is 0.00210. The molecular formula is C22H19Cl2FN4O3. The number of nitrogens with zero attached hydrogens (tertiary/aromatic N) is 2. The molecule has 10 heteroatoms. The van der Waals surface area contributed by atoms with Crippen LogP contribution in [0, 0.1) is 11.2 Å². The van der Waals surface area contributed by atoms with E-state index in [-0.39, 0.29) is 28.5 Å². The molecule has 4 heterocycles. The van der Waals surface area contributed by atoms with E-state index in [9.17, 15) is 14.0 Å². The maximum Gasteiger partial charge on any atom is 0.268 e. The van der Waals surface area contributed by atoms with Crippen LogP contribution in [-0.2, 0) is 16.0 Å². The van der Waals surface area contributed by atoms with Gasteiger partial charge < -0.3 is 19.9 Å². The molecule has 3 aromatic rings. The summed E-state index contributed by atoms with van der Waals surface area (Å²) in [6.07, 6.45) is 1.47. The number of benzene rings is 1. The van der Waals surface area contributed by atoms with Crippen molar-refractivity contribution in [2.24, 2.45) is 5.41 Å². The van der Waals surface area contributed by atoms with Gasteiger partial charge in [0.1, 0.15) is 23.2 Å². The lowest BCUT2D eigenvalue weighted by Crippen LogP contribution is -2.69. The van der Waals surface area contributed by atoms with Crippen molar-refractivity contribution < 1.29 is 18.7 Å². The number of carbonyl (C=O) groups is 2. The standard InChI is InChI=1S/C22H19Cl2FN4O3/c23-14-2-1-12(16(25)6-14)4-18(21(31)29-8-22(9-29)10-32-11-22)28-20(30)17-5-13-3-15(24)7-26-19(13)27-17/h1-3,5-7,18H,4,8-11H2,(H,26,27)(H,28,30). The zero-order valence-electron chi connectivity index (χ0n) is 16.8. The molecule has 1 unspecified atom stereocenters. The summed E-state index contributed by atoms with van der Waals surface area (Å²) in [4.78, 5) is 34.9. The maximum atomic E-state index is 14.4. The van der Waals surface area contributed by atoms with Gasteiger partial charge in [-0.15, -0.1) is 0 Å². The fourth-order valence-electron chi connectivity index (χ4n) is 4.17. The first kappa shape index (κ1) is 21.2. The van der Waals surface area contributed by atoms with Gasteiger partial charge in [0, 0.05) is 36.1 Å². The fourth-order valence-corrected chi connectivity index (χ4v) is 4.49. The monoisotopic (exact) mass is 476 g/mol. The summed E-state index contributed by atoms with van der Waals surface area (Å²) in [7, 11) is 0. The molecule has 0 radical (unpaired) electrons. The number of rotatable bonds is 5. The molecule has 0 aliphatic carbocycles. The molecule has 0 saturated carbocycles. The van der Waals surface area contributed by atoms with Crippen molar-refractivity contribution in [1.29, 1.82) is 0 Å². The quantitative estimate of drug-likeness (QED) is 0.591. The molecule has 166 valence electrons. The number of carbonyl (C=O) groups excluding carboxylic acids is 2. The van der Waals surface area contributed by atoms with Crippen LogP contribution in [0.15, 0.2) is 36.5 Å². The van der Waals surface area contributed by atoms with Crippen LogP contribution in [0.25, 0.3) is 11.0 Å². The number of pyridine rings is 1. The number of fused-ring (bicyclic) bond motifs is 1. The Morgan fingerprint density at radius 2 is 2.00 bits per heavy atom. The average Bonchev–Trinajstić information content (AvgIpc) is 3.10. The highest BCUT2D eigenvalue weighted by molar-refractivity contribution is 6.31. The molecule has 2 aromatic heterocycles. The van der Waals surface area contributed by atoms with Crippen LogP contribution < -0.4 is 5.32 Å². The summed E-state index contributed by atoms with van der Waals surface area (Å²) >= 11 is 11.8. The van der Waals surface area contributed by atoms with Gasteiger partial charge in [-0.2, -0.15) is 0 Å². The van der Waals surface area contributed by atoms with E-state index in [1.165, 1.54) is 18.3 Å². The molecule has 1 atom stereocenters. The molecule has 5 rings (SSSR count). The second-order valence-corrected chi connectivity index (χ2v) is 9.30. The Labute approximate surface area is 192 Å².